The zero-order valence-electron chi connectivity index (χ0n) is 8.36. The predicted octanol–water partition coefficient (Wildman–Crippen LogP) is 2.46. The third-order valence-corrected chi connectivity index (χ3v) is 2.23. The van der Waals surface area contributed by atoms with Gasteiger partial charge in [-0.2, -0.15) is 0 Å². The van der Waals surface area contributed by atoms with Crippen LogP contribution >= 0.6 is 0 Å². The van der Waals surface area contributed by atoms with Gasteiger partial charge in [-0.15, -0.1) is 0 Å². The number of para-hydroxylation sites is 1. The van der Waals surface area contributed by atoms with Gasteiger partial charge in [-0.25, -0.2) is 4.98 Å². The number of benzene rings is 1. The second kappa shape index (κ2) is 3.07. The van der Waals surface area contributed by atoms with E-state index in [9.17, 15) is 5.11 Å². The molecule has 2 nitrogen and oxygen atoms in total. The van der Waals surface area contributed by atoms with E-state index in [0.717, 1.165) is 10.9 Å². The molecule has 0 aliphatic heterocycles. The Morgan fingerprint density at radius 2 is 1.79 bits per heavy atom. The maximum atomic E-state index is 9.79. The molecule has 0 fully saturated rings. The number of rotatable bonds is 1. The van der Waals surface area contributed by atoms with Crippen LogP contribution in [0.25, 0.3) is 10.9 Å². The fourth-order valence-corrected chi connectivity index (χ4v) is 1.41. The van der Waals surface area contributed by atoms with Crippen molar-refractivity contribution in [2.45, 2.75) is 19.4 Å². The van der Waals surface area contributed by atoms with Crippen LogP contribution in [0.15, 0.2) is 36.4 Å². The minimum Gasteiger partial charge on any atom is -0.384 e. The first-order valence-corrected chi connectivity index (χ1v) is 4.66. The number of hydrogen-bond acceptors (Lipinski definition) is 2. The van der Waals surface area contributed by atoms with Gasteiger partial charge in [0.05, 0.1) is 11.2 Å². The molecule has 0 unspecified atom stereocenters. The van der Waals surface area contributed by atoms with Gasteiger partial charge in [0.25, 0.3) is 0 Å². The zero-order valence-corrected chi connectivity index (χ0v) is 8.36. The van der Waals surface area contributed by atoms with Crippen LogP contribution in [0.5, 0.6) is 0 Å². The van der Waals surface area contributed by atoms with E-state index in [1.54, 1.807) is 13.8 Å². The Kier molecular flexibility index (Phi) is 2.01. The van der Waals surface area contributed by atoms with Gasteiger partial charge in [0.1, 0.15) is 5.60 Å². The Balaban J connectivity index is 2.63. The van der Waals surface area contributed by atoms with Gasteiger partial charge < -0.3 is 5.11 Å². The molecule has 2 rings (SSSR count). The van der Waals surface area contributed by atoms with E-state index >= 15 is 0 Å². The van der Waals surface area contributed by atoms with E-state index in [1.807, 2.05) is 36.4 Å². The fraction of sp³-hybridized carbons (Fsp3) is 0.250. The molecule has 0 bridgehead atoms. The highest BCUT2D eigenvalue weighted by Gasteiger charge is 2.17. The number of aliphatic hydroxyl groups is 1. The average molecular weight is 187 g/mol. The van der Waals surface area contributed by atoms with Crippen LogP contribution in [-0.2, 0) is 5.60 Å². The van der Waals surface area contributed by atoms with Crippen molar-refractivity contribution in [1.29, 1.82) is 0 Å². The molecule has 1 aromatic heterocycles. The van der Waals surface area contributed by atoms with Crippen LogP contribution < -0.4 is 0 Å². The molecule has 72 valence electrons. The molecule has 1 aromatic carbocycles. The second-order valence-corrected chi connectivity index (χ2v) is 3.95. The molecular weight excluding hydrogens is 174 g/mol. The first kappa shape index (κ1) is 9.16. The van der Waals surface area contributed by atoms with Crippen molar-refractivity contribution >= 4 is 10.9 Å². The Morgan fingerprint density at radius 1 is 1.07 bits per heavy atom. The van der Waals surface area contributed by atoms with E-state index in [4.69, 9.17) is 0 Å². The van der Waals surface area contributed by atoms with Crippen LogP contribution in [0.3, 0.4) is 0 Å². The number of fused-ring (bicyclic) bond motifs is 1. The standard InChI is InChI=1S/C12H13NO/c1-12(2,14)11-8-7-9-5-3-4-6-10(9)13-11/h3-8,14H,1-2H3. The summed E-state index contributed by atoms with van der Waals surface area (Å²) in [6.45, 7) is 3.48. The predicted molar refractivity (Wildman–Crippen MR) is 57.0 cm³/mol. The van der Waals surface area contributed by atoms with Gasteiger partial charge in [-0.05, 0) is 26.0 Å². The highest BCUT2D eigenvalue weighted by molar-refractivity contribution is 5.78. The lowest BCUT2D eigenvalue weighted by molar-refractivity contribution is 0.0742. The maximum absolute atomic E-state index is 9.79. The average Bonchev–Trinajstić information content (AvgIpc) is 2.16. The Bertz CT molecular complexity index is 457. The molecule has 0 radical (unpaired) electrons. The summed E-state index contributed by atoms with van der Waals surface area (Å²) >= 11 is 0. The number of aromatic nitrogens is 1. The van der Waals surface area contributed by atoms with Crippen molar-refractivity contribution in [3.05, 3.63) is 42.1 Å². The van der Waals surface area contributed by atoms with Crippen molar-refractivity contribution < 1.29 is 5.11 Å². The molecule has 0 spiro atoms. The van der Waals surface area contributed by atoms with Crippen LogP contribution in [0.2, 0.25) is 0 Å². The van der Waals surface area contributed by atoms with Gasteiger partial charge in [-0.3, -0.25) is 0 Å². The summed E-state index contributed by atoms with van der Waals surface area (Å²) < 4.78 is 0. The minimum absolute atomic E-state index is 0.705. The Morgan fingerprint density at radius 3 is 2.50 bits per heavy atom. The number of hydrogen-bond donors (Lipinski definition) is 1. The maximum Gasteiger partial charge on any atom is 0.101 e. The lowest BCUT2D eigenvalue weighted by Gasteiger charge is -2.16. The molecule has 2 aromatic rings. The fourth-order valence-electron chi connectivity index (χ4n) is 1.41. The van der Waals surface area contributed by atoms with Crippen LogP contribution in [0.4, 0.5) is 0 Å². The number of pyridine rings is 1. The summed E-state index contributed by atoms with van der Waals surface area (Å²) in [7, 11) is 0. The van der Waals surface area contributed by atoms with Crippen molar-refractivity contribution in [2.24, 2.45) is 0 Å². The Hall–Kier alpha value is -1.41. The van der Waals surface area contributed by atoms with Crippen LogP contribution in [0, 0.1) is 0 Å². The van der Waals surface area contributed by atoms with Crippen molar-refractivity contribution in [2.75, 3.05) is 0 Å². The highest BCUT2D eigenvalue weighted by atomic mass is 16.3. The zero-order chi connectivity index (χ0) is 10.2. The molecule has 0 aliphatic rings. The summed E-state index contributed by atoms with van der Waals surface area (Å²) in [6.07, 6.45) is 0. The first-order valence-electron chi connectivity index (χ1n) is 4.66. The van der Waals surface area contributed by atoms with Gasteiger partial charge in [0.2, 0.25) is 0 Å². The van der Waals surface area contributed by atoms with Crippen LogP contribution in [0.1, 0.15) is 19.5 Å². The van der Waals surface area contributed by atoms with Gasteiger partial charge in [-0.1, -0.05) is 24.3 Å². The van der Waals surface area contributed by atoms with Gasteiger partial charge in [0.15, 0.2) is 0 Å². The Labute approximate surface area is 83.2 Å². The summed E-state index contributed by atoms with van der Waals surface area (Å²) in [6, 6.07) is 11.7. The molecule has 14 heavy (non-hydrogen) atoms. The molecule has 0 saturated heterocycles. The summed E-state index contributed by atoms with van der Waals surface area (Å²) in [4.78, 5) is 4.40. The third kappa shape index (κ3) is 1.61. The molecule has 1 heterocycles. The van der Waals surface area contributed by atoms with E-state index < -0.39 is 5.60 Å². The first-order chi connectivity index (χ1) is 6.57. The second-order valence-electron chi connectivity index (χ2n) is 3.95. The SMILES string of the molecule is CC(C)(O)c1ccc2ccccc2n1. The molecular formula is C12H13NO. The topological polar surface area (TPSA) is 33.1 Å². The highest BCUT2D eigenvalue weighted by Crippen LogP contribution is 2.20. The third-order valence-electron chi connectivity index (χ3n) is 2.23. The van der Waals surface area contributed by atoms with Crippen LogP contribution in [-0.4, -0.2) is 10.1 Å². The lowest BCUT2D eigenvalue weighted by atomic mass is 10.0. The molecule has 2 heteroatoms. The smallest absolute Gasteiger partial charge is 0.101 e. The molecule has 0 atom stereocenters. The largest absolute Gasteiger partial charge is 0.384 e. The monoisotopic (exact) mass is 187 g/mol. The molecule has 0 amide bonds. The molecule has 0 saturated carbocycles. The van der Waals surface area contributed by atoms with Crippen molar-refractivity contribution in [3.8, 4) is 0 Å². The van der Waals surface area contributed by atoms with Gasteiger partial charge in [0, 0.05) is 5.39 Å². The normalized spacial score (nSPS) is 11.9. The summed E-state index contributed by atoms with van der Waals surface area (Å²) in [5, 5.41) is 10.9. The lowest BCUT2D eigenvalue weighted by Crippen LogP contribution is -2.17. The molecule has 1 N–H and O–H groups in total. The quantitative estimate of drug-likeness (QED) is 0.744. The van der Waals surface area contributed by atoms with E-state index in [-0.39, 0.29) is 0 Å². The minimum atomic E-state index is -0.871. The molecule has 0 aliphatic carbocycles. The summed E-state index contributed by atoms with van der Waals surface area (Å²) in [5.74, 6) is 0. The van der Waals surface area contributed by atoms with Crippen molar-refractivity contribution in [1.82, 2.24) is 4.98 Å². The summed E-state index contributed by atoms with van der Waals surface area (Å²) in [5.41, 5.74) is 0.757. The number of nitrogens with zero attached hydrogens (tertiary/aromatic N) is 1. The van der Waals surface area contributed by atoms with Crippen molar-refractivity contribution in [3.63, 3.8) is 0 Å². The van der Waals surface area contributed by atoms with E-state index in [2.05, 4.69) is 4.98 Å². The van der Waals surface area contributed by atoms with E-state index in [1.165, 1.54) is 0 Å². The van der Waals surface area contributed by atoms with E-state index in [0.29, 0.717) is 5.69 Å². The van der Waals surface area contributed by atoms with Gasteiger partial charge >= 0.3 is 0 Å².